The molecule has 0 unspecified atom stereocenters. The van der Waals surface area contributed by atoms with Crippen molar-refractivity contribution in [2.24, 2.45) is 0 Å². The first kappa shape index (κ1) is 22.7. The largest absolute Gasteiger partial charge is 0.345 e. The van der Waals surface area contributed by atoms with E-state index < -0.39 is 55.2 Å². The Labute approximate surface area is 189 Å². The molecule has 12 heteroatoms. The number of carbonyl (C=O) groups is 1. The van der Waals surface area contributed by atoms with Crippen LogP contribution in [0.1, 0.15) is 21.5 Å². The van der Waals surface area contributed by atoms with Gasteiger partial charge in [0.15, 0.2) is 5.82 Å². The lowest BCUT2D eigenvalue weighted by Gasteiger charge is -2.12. The molecular formula is C21H12ClF4N3O3S. The Morgan fingerprint density at radius 1 is 1.09 bits per heavy atom. The lowest BCUT2D eigenvalue weighted by atomic mass is 10.00. The van der Waals surface area contributed by atoms with Crippen LogP contribution in [0.4, 0.5) is 23.2 Å². The number of aryl methyl sites for hydroxylation is 1. The fourth-order valence-corrected chi connectivity index (χ4v) is 4.56. The number of hydrogen-bond donors (Lipinski definition) is 2. The summed E-state index contributed by atoms with van der Waals surface area (Å²) in [5.74, 6) is -6.25. The van der Waals surface area contributed by atoms with E-state index in [1.807, 2.05) is 0 Å². The van der Waals surface area contributed by atoms with E-state index in [9.17, 15) is 26.4 Å². The smallest absolute Gasteiger partial charge is 0.265 e. The van der Waals surface area contributed by atoms with E-state index in [2.05, 4.69) is 9.97 Å². The zero-order valence-electron chi connectivity index (χ0n) is 16.5. The molecule has 0 bridgehead atoms. The van der Waals surface area contributed by atoms with Crippen LogP contribution in [0.25, 0.3) is 11.0 Å². The number of nitrogens with one attached hydrogen (secondary N) is 2. The topological polar surface area (TPSA) is 91.9 Å². The van der Waals surface area contributed by atoms with Crippen molar-refractivity contribution in [3.05, 3.63) is 87.7 Å². The average molecular weight is 498 g/mol. The Morgan fingerprint density at radius 3 is 2.52 bits per heavy atom. The highest BCUT2D eigenvalue weighted by Crippen LogP contribution is 2.31. The lowest BCUT2D eigenvalue weighted by Crippen LogP contribution is -2.18. The van der Waals surface area contributed by atoms with Gasteiger partial charge in [-0.1, -0.05) is 11.6 Å². The van der Waals surface area contributed by atoms with E-state index in [-0.39, 0.29) is 21.6 Å². The number of fused-ring (bicyclic) bond motifs is 1. The van der Waals surface area contributed by atoms with Crippen LogP contribution in [0.2, 0.25) is 5.02 Å². The number of H-pyrrole nitrogens is 1. The van der Waals surface area contributed by atoms with E-state index in [1.54, 1.807) is 11.6 Å². The van der Waals surface area contributed by atoms with Crippen molar-refractivity contribution in [2.45, 2.75) is 11.8 Å². The highest BCUT2D eigenvalue weighted by Gasteiger charge is 2.28. The SMILES string of the molecule is Cc1c(Cl)cnc2[nH]cc(C(=O)c3c(F)ccc(NS(=O)(=O)c4cc(F)ccc4F)c3F)c12. The number of aromatic nitrogens is 2. The maximum atomic E-state index is 15.2. The molecule has 0 atom stereocenters. The first-order valence-electron chi connectivity index (χ1n) is 9.14. The van der Waals surface area contributed by atoms with Crippen LogP contribution >= 0.6 is 11.6 Å². The number of hydrogen-bond acceptors (Lipinski definition) is 4. The highest BCUT2D eigenvalue weighted by atomic mass is 35.5. The number of aromatic amines is 1. The third-order valence-corrected chi connectivity index (χ3v) is 6.65. The van der Waals surface area contributed by atoms with Crippen LogP contribution in [-0.4, -0.2) is 24.2 Å². The van der Waals surface area contributed by atoms with Crippen molar-refractivity contribution >= 4 is 44.1 Å². The molecule has 0 aliphatic heterocycles. The maximum Gasteiger partial charge on any atom is 0.265 e. The second-order valence-electron chi connectivity index (χ2n) is 6.95. The zero-order valence-corrected chi connectivity index (χ0v) is 18.1. The lowest BCUT2D eigenvalue weighted by molar-refractivity contribution is 0.103. The summed E-state index contributed by atoms with van der Waals surface area (Å²) < 4.78 is 83.8. The molecule has 2 N–H and O–H groups in total. The van der Waals surface area contributed by atoms with Crippen LogP contribution in [0.5, 0.6) is 0 Å². The van der Waals surface area contributed by atoms with E-state index in [4.69, 9.17) is 11.6 Å². The predicted octanol–water partition coefficient (Wildman–Crippen LogP) is 5.11. The van der Waals surface area contributed by atoms with E-state index in [0.717, 1.165) is 6.07 Å². The fourth-order valence-electron chi connectivity index (χ4n) is 3.27. The van der Waals surface area contributed by atoms with Crippen molar-refractivity contribution in [1.29, 1.82) is 0 Å². The summed E-state index contributed by atoms with van der Waals surface area (Å²) in [6.07, 6.45) is 2.53. The van der Waals surface area contributed by atoms with Gasteiger partial charge >= 0.3 is 0 Å². The number of sulfonamides is 1. The van der Waals surface area contributed by atoms with Gasteiger partial charge in [0.1, 0.15) is 28.0 Å². The number of anilines is 1. The Balaban J connectivity index is 1.81. The molecule has 33 heavy (non-hydrogen) atoms. The number of halogens is 5. The third-order valence-electron chi connectivity index (χ3n) is 4.89. The van der Waals surface area contributed by atoms with Gasteiger partial charge in [-0.25, -0.2) is 31.0 Å². The van der Waals surface area contributed by atoms with Crippen LogP contribution in [0.3, 0.4) is 0 Å². The van der Waals surface area contributed by atoms with Crippen molar-refractivity contribution in [1.82, 2.24) is 9.97 Å². The number of nitrogens with zero attached hydrogens (tertiary/aromatic N) is 1. The average Bonchev–Trinajstić information content (AvgIpc) is 3.19. The van der Waals surface area contributed by atoms with Gasteiger partial charge in [0.2, 0.25) is 5.78 Å². The molecule has 2 heterocycles. The molecule has 0 saturated carbocycles. The quantitative estimate of drug-likeness (QED) is 0.296. The van der Waals surface area contributed by atoms with Crippen molar-refractivity contribution < 1.29 is 30.8 Å². The predicted molar refractivity (Wildman–Crippen MR) is 113 cm³/mol. The number of carbonyl (C=O) groups excluding carboxylic acids is 1. The van der Waals surface area contributed by atoms with Crippen LogP contribution in [0.15, 0.2) is 47.6 Å². The van der Waals surface area contributed by atoms with Crippen LogP contribution < -0.4 is 4.72 Å². The van der Waals surface area contributed by atoms with Crippen LogP contribution in [-0.2, 0) is 10.0 Å². The standard InChI is InChI=1S/C21H12ClF4N3O3S/c1-9-12(22)8-28-21-17(9)11(7-27-21)20(30)18-14(25)4-5-15(19(18)26)29-33(31,32)16-6-10(23)2-3-13(16)24/h2-8,29H,1H3,(H,27,28). The number of ketones is 1. The normalized spacial score (nSPS) is 11.7. The number of rotatable bonds is 5. The summed E-state index contributed by atoms with van der Waals surface area (Å²) in [7, 11) is -4.82. The summed E-state index contributed by atoms with van der Waals surface area (Å²) in [4.78, 5) is 18.7. The van der Waals surface area contributed by atoms with Gasteiger partial charge in [0.25, 0.3) is 10.0 Å². The Hall–Kier alpha value is -3.44. The van der Waals surface area contributed by atoms with Gasteiger partial charge in [-0.3, -0.25) is 9.52 Å². The second kappa shape index (κ2) is 8.16. The maximum absolute atomic E-state index is 15.2. The Bertz CT molecular complexity index is 1550. The molecule has 4 aromatic rings. The van der Waals surface area contributed by atoms with E-state index in [0.29, 0.717) is 29.8 Å². The molecule has 0 aliphatic rings. The molecule has 4 rings (SSSR count). The van der Waals surface area contributed by atoms with Crippen molar-refractivity contribution in [3.63, 3.8) is 0 Å². The molecule has 0 amide bonds. The Morgan fingerprint density at radius 2 is 1.79 bits per heavy atom. The van der Waals surface area contributed by atoms with Crippen molar-refractivity contribution in [2.75, 3.05) is 4.72 Å². The van der Waals surface area contributed by atoms with Gasteiger partial charge in [-0.05, 0) is 42.8 Å². The Kier molecular flexibility index (Phi) is 5.62. The van der Waals surface area contributed by atoms with Gasteiger partial charge in [0.05, 0.1) is 21.8 Å². The molecule has 0 spiro atoms. The minimum atomic E-state index is -4.82. The minimum absolute atomic E-state index is 0.147. The fraction of sp³-hybridized carbons (Fsp3) is 0.0476. The molecule has 170 valence electrons. The van der Waals surface area contributed by atoms with E-state index >= 15 is 4.39 Å². The molecule has 2 aromatic heterocycles. The molecule has 6 nitrogen and oxygen atoms in total. The molecule has 0 fully saturated rings. The molecule has 0 saturated heterocycles. The summed E-state index contributed by atoms with van der Waals surface area (Å²) in [6.45, 7) is 1.59. The summed E-state index contributed by atoms with van der Waals surface area (Å²) >= 11 is 6.04. The molecule has 0 aliphatic carbocycles. The number of benzene rings is 2. The highest BCUT2D eigenvalue weighted by molar-refractivity contribution is 7.92. The van der Waals surface area contributed by atoms with Gasteiger partial charge < -0.3 is 4.98 Å². The summed E-state index contributed by atoms with van der Waals surface area (Å²) in [5.41, 5.74) is -1.36. The first-order chi connectivity index (χ1) is 15.5. The van der Waals surface area contributed by atoms with Gasteiger partial charge in [-0.15, -0.1) is 0 Å². The van der Waals surface area contributed by atoms with Crippen molar-refractivity contribution in [3.8, 4) is 0 Å². The van der Waals surface area contributed by atoms with E-state index in [1.165, 1.54) is 12.4 Å². The van der Waals surface area contributed by atoms with Crippen LogP contribution in [0, 0.1) is 30.2 Å². The second-order valence-corrected chi connectivity index (χ2v) is 9.01. The summed E-state index contributed by atoms with van der Waals surface area (Å²) in [6, 6.07) is 3.07. The monoisotopic (exact) mass is 497 g/mol. The minimum Gasteiger partial charge on any atom is -0.345 e. The van der Waals surface area contributed by atoms with Gasteiger partial charge in [0, 0.05) is 17.8 Å². The van der Waals surface area contributed by atoms with Gasteiger partial charge in [-0.2, -0.15) is 0 Å². The molecular weight excluding hydrogens is 486 g/mol. The summed E-state index contributed by atoms with van der Waals surface area (Å²) in [5, 5.41) is 0.454. The molecule has 2 aromatic carbocycles. The first-order valence-corrected chi connectivity index (χ1v) is 11.0. The molecule has 0 radical (unpaired) electrons. The zero-order chi connectivity index (χ0) is 24.1. The number of pyridine rings is 1. The third kappa shape index (κ3) is 3.93.